The molecule has 0 aliphatic heterocycles. The molecular weight excluding hydrogens is 284 g/mol. The van der Waals surface area contributed by atoms with Crippen molar-refractivity contribution in [1.82, 2.24) is 4.72 Å². The molecule has 0 aliphatic carbocycles. The molecule has 0 radical (unpaired) electrons. The van der Waals surface area contributed by atoms with Crippen LogP contribution < -0.4 is 10.5 Å². The molecule has 2 aromatic rings. The predicted octanol–water partition coefficient (Wildman–Crippen LogP) is 1.97. The fourth-order valence-electron chi connectivity index (χ4n) is 2.00. The third-order valence-electron chi connectivity index (χ3n) is 3.22. The lowest BCUT2D eigenvalue weighted by Gasteiger charge is -2.07. The first-order valence-corrected chi connectivity index (χ1v) is 8.56. The Balaban J connectivity index is 1.77. The van der Waals surface area contributed by atoms with Gasteiger partial charge in [0.15, 0.2) is 0 Å². The largest absolute Gasteiger partial charge is 0.399 e. The van der Waals surface area contributed by atoms with Crippen LogP contribution in [0.15, 0.2) is 54.6 Å². The number of hydrogen-bond donors (Lipinski definition) is 2. The molecule has 0 heterocycles. The summed E-state index contributed by atoms with van der Waals surface area (Å²) in [4.78, 5) is 0. The van der Waals surface area contributed by atoms with E-state index in [4.69, 9.17) is 5.73 Å². The van der Waals surface area contributed by atoms with Crippen molar-refractivity contribution in [2.24, 2.45) is 0 Å². The number of nitrogen functional groups attached to an aromatic ring is 1. The second-order valence-corrected chi connectivity index (χ2v) is 6.87. The van der Waals surface area contributed by atoms with Gasteiger partial charge < -0.3 is 5.73 Å². The van der Waals surface area contributed by atoms with Crippen LogP contribution in [0.25, 0.3) is 0 Å². The van der Waals surface area contributed by atoms with Gasteiger partial charge in [-0.1, -0.05) is 42.5 Å². The molecule has 0 saturated carbocycles. The van der Waals surface area contributed by atoms with Gasteiger partial charge in [-0.25, -0.2) is 13.1 Å². The summed E-state index contributed by atoms with van der Waals surface area (Å²) in [7, 11) is -3.23. The molecule has 0 bridgehead atoms. The average Bonchev–Trinajstić information content (AvgIpc) is 2.48. The van der Waals surface area contributed by atoms with Crippen molar-refractivity contribution >= 4 is 15.7 Å². The number of nitrogens with two attached hydrogens (primary N) is 1. The molecule has 0 aliphatic rings. The highest BCUT2D eigenvalue weighted by atomic mass is 32.2. The summed E-state index contributed by atoms with van der Waals surface area (Å²) >= 11 is 0. The van der Waals surface area contributed by atoms with Gasteiger partial charge in [-0.2, -0.15) is 0 Å². The molecule has 5 heteroatoms. The summed E-state index contributed by atoms with van der Waals surface area (Å²) in [6.45, 7) is 0.404. The van der Waals surface area contributed by atoms with Crippen molar-refractivity contribution in [3.05, 3.63) is 65.7 Å². The number of benzene rings is 2. The van der Waals surface area contributed by atoms with Crippen LogP contribution in [0.4, 0.5) is 5.69 Å². The van der Waals surface area contributed by atoms with Crippen molar-refractivity contribution in [1.29, 1.82) is 0 Å². The number of hydrogen-bond acceptors (Lipinski definition) is 3. The lowest BCUT2D eigenvalue weighted by Crippen LogP contribution is -2.29. The minimum absolute atomic E-state index is 0.110. The Bertz CT molecular complexity index is 652. The van der Waals surface area contributed by atoms with E-state index in [2.05, 4.69) is 4.72 Å². The van der Waals surface area contributed by atoms with E-state index in [1.165, 1.54) is 0 Å². The zero-order chi connectivity index (χ0) is 15.1. The molecule has 0 amide bonds. The molecule has 112 valence electrons. The van der Waals surface area contributed by atoms with Gasteiger partial charge in [0, 0.05) is 12.2 Å². The first kappa shape index (κ1) is 15.5. The molecule has 0 aromatic heterocycles. The van der Waals surface area contributed by atoms with Crippen LogP contribution in [0.2, 0.25) is 0 Å². The summed E-state index contributed by atoms with van der Waals surface area (Å²) in [6.07, 6.45) is 1.18. The maximum Gasteiger partial charge on any atom is 0.211 e. The molecule has 3 N–H and O–H groups in total. The Morgan fingerprint density at radius 2 is 1.48 bits per heavy atom. The van der Waals surface area contributed by atoms with Crippen LogP contribution >= 0.6 is 0 Å². The van der Waals surface area contributed by atoms with Crippen molar-refractivity contribution in [2.75, 3.05) is 18.0 Å². The van der Waals surface area contributed by atoms with Crippen molar-refractivity contribution in [2.45, 2.75) is 12.8 Å². The highest BCUT2D eigenvalue weighted by Gasteiger charge is 2.09. The van der Waals surface area contributed by atoms with E-state index in [1.54, 1.807) is 0 Å². The molecular formula is C16H20N2O2S. The highest BCUT2D eigenvalue weighted by Crippen LogP contribution is 2.06. The fraction of sp³-hybridized carbons (Fsp3) is 0.250. The summed E-state index contributed by atoms with van der Waals surface area (Å²) in [5.41, 5.74) is 8.41. The van der Waals surface area contributed by atoms with Crippen LogP contribution in [-0.2, 0) is 22.9 Å². The van der Waals surface area contributed by atoms with Crippen LogP contribution in [0.5, 0.6) is 0 Å². The molecule has 0 unspecified atom stereocenters. The molecule has 2 aromatic carbocycles. The van der Waals surface area contributed by atoms with Crippen molar-refractivity contribution in [3.8, 4) is 0 Å². The third kappa shape index (κ3) is 5.57. The minimum atomic E-state index is -3.23. The zero-order valence-corrected chi connectivity index (χ0v) is 12.6. The number of sulfonamides is 1. The highest BCUT2D eigenvalue weighted by molar-refractivity contribution is 7.89. The normalized spacial score (nSPS) is 11.4. The van der Waals surface area contributed by atoms with E-state index < -0.39 is 10.0 Å². The van der Waals surface area contributed by atoms with Gasteiger partial charge in [-0.3, -0.25) is 0 Å². The van der Waals surface area contributed by atoms with Gasteiger partial charge in [0.25, 0.3) is 0 Å². The quantitative estimate of drug-likeness (QED) is 0.768. The number of nitrogens with one attached hydrogen (secondary N) is 1. The van der Waals surface area contributed by atoms with E-state index in [0.29, 0.717) is 25.1 Å². The number of anilines is 1. The average molecular weight is 304 g/mol. The maximum absolute atomic E-state index is 11.9. The molecule has 0 spiro atoms. The van der Waals surface area contributed by atoms with Gasteiger partial charge in [-0.15, -0.1) is 0 Å². The topological polar surface area (TPSA) is 72.2 Å². The van der Waals surface area contributed by atoms with Gasteiger partial charge in [0.2, 0.25) is 10.0 Å². The summed E-state index contributed by atoms with van der Waals surface area (Å²) < 4.78 is 26.5. The molecule has 0 fully saturated rings. The van der Waals surface area contributed by atoms with Crippen molar-refractivity contribution in [3.63, 3.8) is 0 Å². The van der Waals surface area contributed by atoms with Gasteiger partial charge >= 0.3 is 0 Å². The Kier molecular flexibility index (Phi) is 5.36. The molecule has 4 nitrogen and oxygen atoms in total. The van der Waals surface area contributed by atoms with E-state index in [1.807, 2.05) is 54.6 Å². The van der Waals surface area contributed by atoms with E-state index in [0.717, 1.165) is 11.1 Å². The Morgan fingerprint density at radius 1 is 0.857 bits per heavy atom. The second kappa shape index (κ2) is 7.24. The molecule has 21 heavy (non-hydrogen) atoms. The number of rotatable bonds is 7. The van der Waals surface area contributed by atoms with E-state index in [-0.39, 0.29) is 5.75 Å². The zero-order valence-electron chi connectivity index (χ0n) is 11.8. The first-order valence-electron chi connectivity index (χ1n) is 6.91. The minimum Gasteiger partial charge on any atom is -0.399 e. The van der Waals surface area contributed by atoms with Crippen molar-refractivity contribution < 1.29 is 8.42 Å². The fourth-order valence-corrected chi connectivity index (χ4v) is 3.07. The summed E-state index contributed by atoms with van der Waals surface area (Å²) in [5.74, 6) is 0.110. The third-order valence-corrected chi connectivity index (χ3v) is 4.60. The van der Waals surface area contributed by atoms with E-state index in [9.17, 15) is 8.42 Å². The Hall–Kier alpha value is -1.85. The van der Waals surface area contributed by atoms with Gasteiger partial charge in [0.05, 0.1) is 5.75 Å². The standard InChI is InChI=1S/C16H20N2O2S/c17-16-8-6-15(7-9-16)10-12-18-21(19,20)13-11-14-4-2-1-3-5-14/h1-9,18H,10-13,17H2. The Morgan fingerprint density at radius 3 is 2.14 bits per heavy atom. The van der Waals surface area contributed by atoms with Crippen LogP contribution in [0, 0.1) is 0 Å². The van der Waals surface area contributed by atoms with Crippen LogP contribution in [0.3, 0.4) is 0 Å². The predicted molar refractivity (Wildman–Crippen MR) is 86.5 cm³/mol. The van der Waals surface area contributed by atoms with Gasteiger partial charge in [-0.05, 0) is 36.1 Å². The Labute approximate surface area is 126 Å². The first-order chi connectivity index (χ1) is 10.1. The van der Waals surface area contributed by atoms with Crippen LogP contribution in [0.1, 0.15) is 11.1 Å². The number of aryl methyl sites for hydroxylation is 1. The summed E-state index contributed by atoms with van der Waals surface area (Å²) in [5, 5.41) is 0. The smallest absolute Gasteiger partial charge is 0.211 e. The lowest BCUT2D eigenvalue weighted by molar-refractivity contribution is 0.581. The summed E-state index contributed by atoms with van der Waals surface area (Å²) in [6, 6.07) is 17.1. The van der Waals surface area contributed by atoms with Crippen LogP contribution in [-0.4, -0.2) is 20.7 Å². The molecule has 2 rings (SSSR count). The molecule has 0 saturated heterocycles. The van der Waals surface area contributed by atoms with Gasteiger partial charge in [0.1, 0.15) is 0 Å². The molecule has 0 atom stereocenters. The van der Waals surface area contributed by atoms with E-state index >= 15 is 0 Å². The monoisotopic (exact) mass is 304 g/mol. The second-order valence-electron chi connectivity index (χ2n) is 4.94. The SMILES string of the molecule is Nc1ccc(CCNS(=O)(=O)CCc2ccccc2)cc1. The lowest BCUT2D eigenvalue weighted by atomic mass is 10.1. The maximum atomic E-state index is 11.9.